The number of carbonyl (C=O) groups is 4. The number of carboxylic acids is 1. The van der Waals surface area contributed by atoms with Gasteiger partial charge in [0.05, 0.1) is 37.9 Å². The molecule has 0 bridgehead atoms. The summed E-state index contributed by atoms with van der Waals surface area (Å²) < 4.78 is 69.8. The van der Waals surface area contributed by atoms with Crippen LogP contribution < -0.4 is 10.6 Å². The van der Waals surface area contributed by atoms with Crippen LogP contribution in [0.3, 0.4) is 0 Å². The Morgan fingerprint density at radius 2 is 0.935 bits per heavy atom. The van der Waals surface area contributed by atoms with Crippen LogP contribution in [0, 0.1) is 0 Å². The molecule has 0 unspecified atom stereocenters. The average Bonchev–Trinajstić information content (AvgIpc) is 1.18. The van der Waals surface area contributed by atoms with Crippen LogP contribution in [0.25, 0.3) is 0 Å². The molecule has 20 nitrogen and oxygen atoms in total. The van der Waals surface area contributed by atoms with Crippen molar-refractivity contribution >= 4 is 31.6 Å². The molecular formula is C71H134FN2O18P. The number of hydrogen-bond donors (Lipinski definition) is 8. The van der Waals surface area contributed by atoms with Crippen LogP contribution in [0.2, 0.25) is 0 Å². The molecule has 2 rings (SSSR count). The summed E-state index contributed by atoms with van der Waals surface area (Å²) in [7, 11) is -5.40. The van der Waals surface area contributed by atoms with Crippen LogP contribution in [0.15, 0.2) is 0 Å². The summed E-state index contributed by atoms with van der Waals surface area (Å²) in [4.78, 5) is 73.6. The predicted molar refractivity (Wildman–Crippen MR) is 361 cm³/mol. The van der Waals surface area contributed by atoms with Crippen molar-refractivity contribution in [2.24, 2.45) is 0 Å². The number of aliphatic hydroxyl groups is 3. The molecule has 0 aliphatic carbocycles. The van der Waals surface area contributed by atoms with Crippen LogP contribution in [0.5, 0.6) is 0 Å². The molecule has 13 atom stereocenters. The van der Waals surface area contributed by atoms with E-state index in [1.54, 1.807) is 0 Å². The Morgan fingerprint density at radius 1 is 0.505 bits per heavy atom. The first-order chi connectivity index (χ1) is 44.9. The zero-order chi connectivity index (χ0) is 68.3. The molecule has 548 valence electrons. The maximum atomic E-state index is 15.2. The quantitative estimate of drug-likeness (QED) is 0.0159. The van der Waals surface area contributed by atoms with Gasteiger partial charge < -0.3 is 69.3 Å². The molecular weight excluding hydrogens is 1220 g/mol. The molecule has 2 amide bonds. The molecule has 2 aliphatic heterocycles. The predicted octanol–water partition coefficient (Wildman–Crippen LogP) is 14.4. The topological polar surface area (TPSA) is 295 Å². The van der Waals surface area contributed by atoms with Crippen molar-refractivity contribution in [2.45, 2.75) is 403 Å². The Labute approximate surface area is 560 Å². The number of halogens is 1. The second-order valence-corrected chi connectivity index (χ2v) is 28.0. The number of esters is 1. The van der Waals surface area contributed by atoms with E-state index in [1.807, 2.05) is 0 Å². The number of carboxylic acid groups (broad SMARTS) is 1. The molecule has 0 spiro atoms. The maximum absolute atomic E-state index is 15.2. The summed E-state index contributed by atoms with van der Waals surface area (Å²) in [5, 5.41) is 50.1. The highest BCUT2D eigenvalue weighted by atomic mass is 31.2. The molecule has 22 heteroatoms. The van der Waals surface area contributed by atoms with Gasteiger partial charge in [-0.25, -0.2) is 13.8 Å². The van der Waals surface area contributed by atoms with Crippen molar-refractivity contribution in [3.05, 3.63) is 0 Å². The molecule has 2 heterocycles. The third-order valence-electron chi connectivity index (χ3n) is 18.3. The fourth-order valence-electron chi connectivity index (χ4n) is 12.8. The van der Waals surface area contributed by atoms with E-state index in [9.17, 15) is 54.0 Å². The van der Waals surface area contributed by atoms with Crippen LogP contribution in [0.4, 0.5) is 4.39 Å². The second-order valence-electron chi connectivity index (χ2n) is 26.8. The molecule has 2 fully saturated rings. The van der Waals surface area contributed by atoms with E-state index >= 15 is 4.39 Å². The van der Waals surface area contributed by atoms with Crippen molar-refractivity contribution in [1.82, 2.24) is 10.6 Å². The van der Waals surface area contributed by atoms with Crippen molar-refractivity contribution in [2.75, 3.05) is 26.5 Å². The fraction of sp³-hybridized carbons (Fsp3) is 0.944. The number of aliphatic hydroxyl groups excluding tert-OH is 3. The summed E-state index contributed by atoms with van der Waals surface area (Å²) in [6, 6.07) is -2.98. The SMILES string of the molecule is CCCCCCCCCCCCCC(=O)O[C@H](CCCCCCCCCCC)CCO[C@@H]1[C@@H](NC(C)=O)[C@H](OC[C@H]2O[C@H](C(=O)O)[C@H](NC(=O)C[C@H](O)CCCCCCCCCCC)[C@@H](OCC[C@H](O)CCCCCCCCCCC)[C@@H]2O)O[C@H](CF)[C@@H]1OP(=O)(O)O. The number of alkyl halides is 1. The first-order valence-corrected chi connectivity index (χ1v) is 38.9. The number of phosphoric ester groups is 1. The number of nitrogens with one attached hydrogen (secondary N) is 2. The lowest BCUT2D eigenvalue weighted by molar-refractivity contribution is -0.287. The van der Waals surface area contributed by atoms with E-state index in [4.69, 9.17) is 32.9 Å². The molecule has 0 aromatic carbocycles. The molecule has 8 N–H and O–H groups in total. The number of amides is 2. The molecule has 0 aromatic rings. The van der Waals surface area contributed by atoms with Gasteiger partial charge in [0.25, 0.3) is 0 Å². The minimum atomic E-state index is -5.40. The van der Waals surface area contributed by atoms with Gasteiger partial charge in [-0.1, -0.05) is 259 Å². The van der Waals surface area contributed by atoms with Crippen LogP contribution in [-0.4, -0.2) is 160 Å². The van der Waals surface area contributed by atoms with E-state index < -0.39 is 118 Å². The molecule has 0 radical (unpaired) electrons. The Hall–Kier alpha value is -2.40. The van der Waals surface area contributed by atoms with E-state index in [0.717, 1.165) is 110 Å². The Balaban J connectivity index is 2.35. The van der Waals surface area contributed by atoms with Crippen molar-refractivity contribution in [3.63, 3.8) is 0 Å². The normalized spacial score (nSPS) is 22.7. The summed E-state index contributed by atoms with van der Waals surface area (Å²) >= 11 is 0. The van der Waals surface area contributed by atoms with Crippen LogP contribution >= 0.6 is 7.82 Å². The number of carbonyl (C=O) groups excluding carboxylic acids is 3. The monoisotopic (exact) mass is 1350 g/mol. The minimum Gasteiger partial charge on any atom is -0.479 e. The lowest BCUT2D eigenvalue weighted by atomic mass is 9.91. The van der Waals surface area contributed by atoms with Gasteiger partial charge in [0.15, 0.2) is 12.4 Å². The second kappa shape index (κ2) is 55.5. The lowest BCUT2D eigenvalue weighted by Crippen LogP contribution is -2.68. The van der Waals surface area contributed by atoms with Crippen molar-refractivity contribution in [3.8, 4) is 0 Å². The van der Waals surface area contributed by atoms with Gasteiger partial charge in [-0.3, -0.25) is 18.9 Å². The van der Waals surface area contributed by atoms with E-state index in [2.05, 4.69) is 38.3 Å². The molecule has 0 aromatic heterocycles. The highest BCUT2D eigenvalue weighted by Gasteiger charge is 2.53. The first kappa shape index (κ1) is 86.7. The maximum Gasteiger partial charge on any atom is 0.470 e. The lowest BCUT2D eigenvalue weighted by Gasteiger charge is -2.47. The highest BCUT2D eigenvalue weighted by Crippen LogP contribution is 2.43. The third kappa shape index (κ3) is 42.2. The Morgan fingerprint density at radius 3 is 1.39 bits per heavy atom. The zero-order valence-corrected chi connectivity index (χ0v) is 59.5. The highest BCUT2D eigenvalue weighted by molar-refractivity contribution is 7.46. The first-order valence-electron chi connectivity index (χ1n) is 37.4. The molecule has 0 saturated carbocycles. The number of phosphoric acid groups is 1. The van der Waals surface area contributed by atoms with Gasteiger partial charge in [0.2, 0.25) is 11.8 Å². The molecule has 2 aliphatic rings. The van der Waals surface area contributed by atoms with Crippen LogP contribution in [0.1, 0.15) is 324 Å². The van der Waals surface area contributed by atoms with Gasteiger partial charge >= 0.3 is 19.8 Å². The van der Waals surface area contributed by atoms with Gasteiger partial charge in [-0.15, -0.1) is 0 Å². The summed E-state index contributed by atoms with van der Waals surface area (Å²) in [6.07, 6.45) is 27.4. The summed E-state index contributed by atoms with van der Waals surface area (Å²) in [5.74, 6) is -3.25. The Kier molecular flexibility index (Phi) is 51.7. The average molecular weight is 1350 g/mol. The number of hydrogen-bond acceptors (Lipinski definition) is 15. The van der Waals surface area contributed by atoms with Gasteiger partial charge in [0, 0.05) is 26.4 Å². The number of unbranched alkanes of at least 4 members (excludes halogenated alkanes) is 34. The summed E-state index contributed by atoms with van der Waals surface area (Å²) in [5.41, 5.74) is 0. The van der Waals surface area contributed by atoms with Gasteiger partial charge in [0.1, 0.15) is 55.4 Å². The van der Waals surface area contributed by atoms with Crippen LogP contribution in [-0.2, 0) is 56.7 Å². The third-order valence-corrected chi connectivity index (χ3v) is 18.8. The van der Waals surface area contributed by atoms with E-state index in [0.29, 0.717) is 32.1 Å². The van der Waals surface area contributed by atoms with Crippen molar-refractivity contribution in [1.29, 1.82) is 0 Å². The van der Waals surface area contributed by atoms with Crippen molar-refractivity contribution < 1.29 is 91.3 Å². The molecule has 2 saturated heterocycles. The van der Waals surface area contributed by atoms with Gasteiger partial charge in [-0.2, -0.15) is 0 Å². The summed E-state index contributed by atoms with van der Waals surface area (Å²) in [6.45, 7) is 7.50. The Bertz CT molecular complexity index is 1910. The minimum absolute atomic E-state index is 0.123. The number of rotatable bonds is 62. The zero-order valence-electron chi connectivity index (χ0n) is 58.6. The fourth-order valence-corrected chi connectivity index (χ4v) is 13.3. The number of ether oxygens (including phenoxy) is 6. The van der Waals surface area contributed by atoms with E-state index in [-0.39, 0.29) is 44.9 Å². The van der Waals surface area contributed by atoms with Gasteiger partial charge in [-0.05, 0) is 38.5 Å². The molecule has 93 heavy (non-hydrogen) atoms. The standard InChI is InChI=1S/C71H134FN2O18P/c1-6-10-14-18-22-26-27-31-35-39-43-47-62(79)89-58(46-42-38-34-30-25-21-17-13-9-4)49-51-87-68-64(73-55(5)75)71(91-59(53-72)66(68)92-93(83,84)85)88-54-60-65(80)67(86-50-48-56(76)44-40-36-32-28-23-19-15-11-7-2)63(69(90-60)70(81)82)74-61(78)52-57(77)45-41-37-33-29-24-20-16-12-8-3/h56-60,63-69,71,76-77,80H,6-54H2,1-5H3,(H,73,75)(H,74,78)(H,81,82)(H2,83,84,85)/t56-,57-,58-,59-,60-,63-,64-,65-,66+,67-,68-,69+,71-/m1/s1. The number of aliphatic carboxylic acids is 1. The largest absolute Gasteiger partial charge is 0.479 e. The van der Waals surface area contributed by atoms with E-state index in [1.165, 1.54) is 128 Å². The smallest absolute Gasteiger partial charge is 0.470 e.